The highest BCUT2D eigenvalue weighted by Crippen LogP contribution is 2.43. The van der Waals surface area contributed by atoms with Gasteiger partial charge in [-0.25, -0.2) is 4.79 Å². The number of amides is 6. The first-order valence-corrected chi connectivity index (χ1v) is 18.6. The van der Waals surface area contributed by atoms with Crippen molar-refractivity contribution in [1.29, 1.82) is 0 Å². The van der Waals surface area contributed by atoms with Crippen LogP contribution in [-0.2, 0) is 33.5 Å². The number of hydrogen-bond donors (Lipinski definition) is 5. The molecule has 0 unspecified atom stereocenters. The van der Waals surface area contributed by atoms with Crippen LogP contribution in [0.2, 0.25) is 0 Å². The zero-order valence-corrected chi connectivity index (χ0v) is 30.6. The standard InChI is InChI=1S/C36H58N6O8/c1-7-12-25(28(43)33(47)38-23-17-18-23)39-32(46)27-24-16-11-15-22(24)19-42(27)34(48)29(36(3,4)5)41-31(45)26(21-13-9-8-10-14-21)40-30(44)20(2)37-35(49)50-6/h20-27,29H,7-19H2,1-6H3,(H,37,49)(H,38,47)(H,39,46)(H,40,44)(H,41,45)/t20-,22+,24+,25+,26+,27-,29-/m1/s1. The summed E-state index contributed by atoms with van der Waals surface area (Å²) in [6.07, 6.45) is 8.56. The van der Waals surface area contributed by atoms with E-state index in [1.54, 1.807) is 4.90 Å². The molecule has 14 heteroatoms. The number of Topliss-reactive ketones (excluding diaryl/α,β-unsaturated/α-hetero) is 1. The van der Waals surface area contributed by atoms with E-state index >= 15 is 0 Å². The number of alkyl carbamates (subject to hydrolysis) is 1. The molecule has 0 aromatic heterocycles. The van der Waals surface area contributed by atoms with E-state index in [0.29, 0.717) is 19.4 Å². The van der Waals surface area contributed by atoms with Crippen LogP contribution in [0.3, 0.4) is 0 Å². The first kappa shape index (κ1) is 39.1. The zero-order valence-electron chi connectivity index (χ0n) is 30.6. The molecule has 1 aliphatic heterocycles. The average Bonchev–Trinajstić information content (AvgIpc) is 3.64. The highest BCUT2D eigenvalue weighted by atomic mass is 16.5. The van der Waals surface area contributed by atoms with Gasteiger partial charge in [0.25, 0.3) is 5.91 Å². The van der Waals surface area contributed by atoms with Gasteiger partial charge >= 0.3 is 6.09 Å². The van der Waals surface area contributed by atoms with Crippen molar-refractivity contribution in [2.75, 3.05) is 13.7 Å². The van der Waals surface area contributed by atoms with Crippen LogP contribution in [0.4, 0.5) is 4.79 Å². The van der Waals surface area contributed by atoms with E-state index in [-0.39, 0.29) is 23.8 Å². The van der Waals surface area contributed by atoms with Gasteiger partial charge in [0.2, 0.25) is 29.4 Å². The SMILES string of the molecule is CCC[C@H](NC(=O)[C@H]1[C@H]2CCC[C@H]2CN1C(=O)[C@@H](NC(=O)[C@@H](NC(=O)[C@@H](C)NC(=O)OC)C1CCCCC1)C(C)(C)C)C(=O)C(=O)NC1CC1. The quantitative estimate of drug-likeness (QED) is 0.170. The molecule has 50 heavy (non-hydrogen) atoms. The van der Waals surface area contributed by atoms with Gasteiger partial charge in [0.05, 0.1) is 13.2 Å². The number of ether oxygens (including phenoxy) is 1. The van der Waals surface area contributed by atoms with E-state index in [0.717, 1.165) is 64.2 Å². The fraction of sp³-hybridized carbons (Fsp3) is 0.806. The molecule has 3 saturated carbocycles. The Kier molecular flexibility index (Phi) is 13.3. The molecule has 0 aromatic rings. The van der Waals surface area contributed by atoms with Crippen LogP contribution in [0, 0.1) is 23.2 Å². The van der Waals surface area contributed by atoms with Gasteiger partial charge < -0.3 is 36.2 Å². The third-order valence-corrected chi connectivity index (χ3v) is 10.8. The average molecular weight is 703 g/mol. The van der Waals surface area contributed by atoms with Crippen molar-refractivity contribution in [1.82, 2.24) is 31.5 Å². The van der Waals surface area contributed by atoms with Crippen LogP contribution in [-0.4, -0.2) is 96.2 Å². The number of carbonyl (C=O) groups excluding carboxylic acids is 7. The molecule has 14 nitrogen and oxygen atoms in total. The van der Waals surface area contributed by atoms with Crippen molar-refractivity contribution >= 4 is 41.4 Å². The number of ketones is 1. The van der Waals surface area contributed by atoms with E-state index in [1.165, 1.54) is 14.0 Å². The second-order valence-electron chi connectivity index (χ2n) is 15.8. The van der Waals surface area contributed by atoms with E-state index in [4.69, 9.17) is 0 Å². The molecule has 280 valence electrons. The fourth-order valence-electron chi connectivity index (χ4n) is 7.82. The summed E-state index contributed by atoms with van der Waals surface area (Å²) in [4.78, 5) is 95.0. The summed E-state index contributed by atoms with van der Waals surface area (Å²) in [5, 5.41) is 13.8. The van der Waals surface area contributed by atoms with Gasteiger partial charge in [-0.05, 0) is 75.0 Å². The molecule has 1 heterocycles. The van der Waals surface area contributed by atoms with Crippen LogP contribution in [0.1, 0.15) is 112 Å². The first-order chi connectivity index (χ1) is 23.7. The zero-order chi connectivity index (χ0) is 36.7. The number of likely N-dealkylation sites (tertiary alicyclic amines) is 1. The molecule has 7 atom stereocenters. The van der Waals surface area contributed by atoms with Crippen molar-refractivity contribution in [3.05, 3.63) is 0 Å². The van der Waals surface area contributed by atoms with Crippen molar-refractivity contribution in [3.8, 4) is 0 Å². The van der Waals surface area contributed by atoms with Crippen molar-refractivity contribution in [2.45, 2.75) is 148 Å². The van der Waals surface area contributed by atoms with E-state index in [1.807, 2.05) is 27.7 Å². The molecule has 0 aromatic carbocycles. The molecule has 0 radical (unpaired) electrons. The predicted molar refractivity (Wildman–Crippen MR) is 184 cm³/mol. The van der Waals surface area contributed by atoms with E-state index in [9.17, 15) is 33.6 Å². The number of methoxy groups -OCH3 is 1. The van der Waals surface area contributed by atoms with Crippen molar-refractivity contribution in [3.63, 3.8) is 0 Å². The lowest BCUT2D eigenvalue weighted by Gasteiger charge is -2.38. The number of nitrogens with zero attached hydrogens (tertiary/aromatic N) is 1. The van der Waals surface area contributed by atoms with E-state index < -0.39 is 77.0 Å². The molecule has 0 spiro atoms. The molecule has 6 amide bonds. The van der Waals surface area contributed by atoms with Gasteiger partial charge in [-0.15, -0.1) is 0 Å². The maximum atomic E-state index is 14.6. The number of rotatable bonds is 14. The number of fused-ring (bicyclic) bond motifs is 1. The third-order valence-electron chi connectivity index (χ3n) is 10.8. The number of hydrogen-bond acceptors (Lipinski definition) is 8. The molecule has 4 aliphatic rings. The fourth-order valence-corrected chi connectivity index (χ4v) is 7.82. The highest BCUT2D eigenvalue weighted by molar-refractivity contribution is 6.38. The van der Waals surface area contributed by atoms with Crippen LogP contribution in [0.5, 0.6) is 0 Å². The summed E-state index contributed by atoms with van der Waals surface area (Å²) >= 11 is 0. The van der Waals surface area contributed by atoms with Crippen LogP contribution >= 0.6 is 0 Å². The Hall–Kier alpha value is -3.71. The lowest BCUT2D eigenvalue weighted by atomic mass is 9.82. The minimum Gasteiger partial charge on any atom is -0.453 e. The Labute approximate surface area is 295 Å². The summed E-state index contributed by atoms with van der Waals surface area (Å²) < 4.78 is 4.61. The summed E-state index contributed by atoms with van der Waals surface area (Å²) in [6.45, 7) is 9.24. The molecular formula is C36H58N6O8. The van der Waals surface area contributed by atoms with Crippen LogP contribution in [0.25, 0.3) is 0 Å². The Morgan fingerprint density at radius 2 is 1.50 bits per heavy atom. The molecule has 4 rings (SSSR count). The monoisotopic (exact) mass is 702 g/mol. The second kappa shape index (κ2) is 17.0. The Bertz CT molecular complexity index is 1290. The van der Waals surface area contributed by atoms with Gasteiger partial charge in [0, 0.05) is 12.6 Å². The van der Waals surface area contributed by atoms with Crippen molar-refractivity contribution < 1.29 is 38.3 Å². The topological polar surface area (TPSA) is 192 Å². The summed E-state index contributed by atoms with van der Waals surface area (Å²) in [6, 6.07) is -4.79. The molecule has 3 aliphatic carbocycles. The van der Waals surface area contributed by atoms with Gasteiger partial charge in [0.1, 0.15) is 24.2 Å². The van der Waals surface area contributed by atoms with Gasteiger partial charge in [0.15, 0.2) is 0 Å². The second-order valence-corrected chi connectivity index (χ2v) is 15.8. The summed E-state index contributed by atoms with van der Waals surface area (Å²) in [5.41, 5.74) is -0.770. The predicted octanol–water partition coefficient (Wildman–Crippen LogP) is 2.09. The lowest BCUT2D eigenvalue weighted by Crippen LogP contribution is -2.63. The smallest absolute Gasteiger partial charge is 0.407 e. The first-order valence-electron chi connectivity index (χ1n) is 18.6. The number of carbonyl (C=O) groups is 7. The Morgan fingerprint density at radius 1 is 0.820 bits per heavy atom. The molecule has 0 bridgehead atoms. The summed E-state index contributed by atoms with van der Waals surface area (Å²) in [5.74, 6) is -3.47. The Balaban J connectivity index is 1.55. The van der Waals surface area contributed by atoms with Crippen LogP contribution in [0.15, 0.2) is 0 Å². The van der Waals surface area contributed by atoms with Gasteiger partial charge in [-0.3, -0.25) is 28.8 Å². The van der Waals surface area contributed by atoms with Crippen LogP contribution < -0.4 is 26.6 Å². The summed E-state index contributed by atoms with van der Waals surface area (Å²) in [7, 11) is 1.20. The molecular weight excluding hydrogens is 644 g/mol. The normalized spacial score (nSPS) is 24.5. The lowest BCUT2D eigenvalue weighted by molar-refractivity contribution is -0.146. The highest BCUT2D eigenvalue weighted by Gasteiger charge is 2.52. The minimum absolute atomic E-state index is 0.00196. The molecule has 5 N–H and O–H groups in total. The Morgan fingerprint density at radius 3 is 2.10 bits per heavy atom. The number of nitrogens with one attached hydrogen (secondary N) is 5. The van der Waals surface area contributed by atoms with Gasteiger partial charge in [-0.1, -0.05) is 59.8 Å². The molecule has 1 saturated heterocycles. The maximum absolute atomic E-state index is 14.6. The minimum atomic E-state index is -1.03. The van der Waals surface area contributed by atoms with E-state index in [2.05, 4.69) is 31.3 Å². The largest absolute Gasteiger partial charge is 0.453 e. The van der Waals surface area contributed by atoms with Gasteiger partial charge in [-0.2, -0.15) is 0 Å². The van der Waals surface area contributed by atoms with Crippen molar-refractivity contribution in [2.24, 2.45) is 23.2 Å². The molecule has 4 fully saturated rings. The third kappa shape index (κ3) is 9.74. The maximum Gasteiger partial charge on any atom is 0.407 e.